The van der Waals surface area contributed by atoms with E-state index in [1.807, 2.05) is 84.9 Å². The van der Waals surface area contributed by atoms with Crippen molar-refractivity contribution >= 4 is 67.2 Å². The van der Waals surface area contributed by atoms with Gasteiger partial charge in [-0.2, -0.15) is 0 Å². The van der Waals surface area contributed by atoms with Gasteiger partial charge in [-0.05, 0) is 116 Å². The Hall–Kier alpha value is -2.63. The maximum Gasteiger partial charge on any atom is 0.171 e. The van der Waals surface area contributed by atoms with Gasteiger partial charge in [-0.3, -0.25) is 0 Å². The van der Waals surface area contributed by atoms with E-state index in [9.17, 15) is 8.42 Å². The molecule has 4 aromatic carbocycles. The molecule has 4 rings (SSSR count). The summed E-state index contributed by atoms with van der Waals surface area (Å²) in [5, 5.41) is -1.78. The van der Waals surface area contributed by atoms with Crippen LogP contribution in [0.4, 0.5) is 0 Å². The highest BCUT2D eigenvalue weighted by Crippen LogP contribution is 2.38. The number of halogens is 2. The quantitative estimate of drug-likeness (QED) is 0.152. The second-order valence-electron chi connectivity index (χ2n) is 8.80. The summed E-state index contributed by atoms with van der Waals surface area (Å²) in [7, 11) is -0.639. The van der Waals surface area contributed by atoms with Crippen molar-refractivity contribution in [2.75, 3.05) is 14.2 Å². The maximum atomic E-state index is 14.5. The maximum absolute atomic E-state index is 14.5. The molecule has 2 atom stereocenters. The molecule has 39 heavy (non-hydrogen) atoms. The van der Waals surface area contributed by atoms with Gasteiger partial charge in [0.2, 0.25) is 0 Å². The van der Waals surface area contributed by atoms with Crippen LogP contribution in [0.2, 0.25) is 0 Å². The average molecular weight is 762 g/mol. The van der Waals surface area contributed by atoms with Crippen LogP contribution in [-0.4, -0.2) is 22.6 Å². The van der Waals surface area contributed by atoms with Crippen LogP contribution < -0.4 is 9.47 Å². The van der Waals surface area contributed by atoms with E-state index in [-0.39, 0.29) is 0 Å². The number of ether oxygens (including phenoxy) is 2. The Morgan fingerprint density at radius 2 is 0.897 bits per heavy atom. The predicted molar refractivity (Wildman–Crippen MR) is 177 cm³/mol. The van der Waals surface area contributed by atoms with E-state index in [1.165, 1.54) is 0 Å². The molecule has 0 bridgehead atoms. The molecule has 0 amide bonds. The van der Waals surface area contributed by atoms with Crippen molar-refractivity contribution in [3.05, 3.63) is 139 Å². The lowest BCUT2D eigenvalue weighted by Crippen LogP contribution is -2.19. The number of hydrogen-bond acceptors (Lipinski definition) is 4. The minimum atomic E-state index is -3.82. The Kier molecular flexibility index (Phi) is 10.3. The fourth-order valence-electron chi connectivity index (χ4n) is 4.11. The molecule has 4 nitrogen and oxygen atoms in total. The zero-order valence-electron chi connectivity index (χ0n) is 21.5. The molecule has 0 saturated heterocycles. The van der Waals surface area contributed by atoms with Gasteiger partial charge in [0.25, 0.3) is 0 Å². The van der Waals surface area contributed by atoms with Gasteiger partial charge in [0.1, 0.15) is 22.0 Å². The lowest BCUT2D eigenvalue weighted by molar-refractivity contribution is 0.414. The Balaban J connectivity index is 1.82. The van der Waals surface area contributed by atoms with Crippen LogP contribution in [0.5, 0.6) is 11.5 Å². The van der Waals surface area contributed by atoms with Gasteiger partial charge in [-0.15, -0.1) is 0 Å². The molecule has 0 spiro atoms. The van der Waals surface area contributed by atoms with Crippen molar-refractivity contribution in [3.8, 4) is 11.5 Å². The first-order chi connectivity index (χ1) is 18.8. The summed E-state index contributed by atoms with van der Waals surface area (Å²) in [5.74, 6) is 1.34. The average Bonchev–Trinajstić information content (AvgIpc) is 2.95. The van der Waals surface area contributed by atoms with Crippen LogP contribution in [0.25, 0.3) is 12.2 Å². The summed E-state index contributed by atoms with van der Waals surface area (Å²) < 4.78 is 41.9. The molecule has 0 heterocycles. The highest BCUT2D eigenvalue weighted by Gasteiger charge is 2.33. The molecule has 4 aromatic rings. The van der Waals surface area contributed by atoms with E-state index in [1.54, 1.807) is 50.6 Å². The molecule has 0 radical (unpaired) electrons. The largest absolute Gasteiger partial charge is 0.497 e. The predicted octanol–water partition coefficient (Wildman–Crippen LogP) is 8.54. The molecule has 0 N–H and O–H groups in total. The first-order valence-corrected chi connectivity index (χ1v) is 15.9. The van der Waals surface area contributed by atoms with Crippen molar-refractivity contribution in [2.24, 2.45) is 0 Å². The van der Waals surface area contributed by atoms with E-state index >= 15 is 0 Å². The minimum absolute atomic E-state index is 0.665. The topological polar surface area (TPSA) is 52.6 Å². The Morgan fingerprint density at radius 3 is 1.21 bits per heavy atom. The Labute approximate surface area is 258 Å². The van der Waals surface area contributed by atoms with E-state index in [2.05, 4.69) is 45.2 Å². The van der Waals surface area contributed by atoms with Crippen molar-refractivity contribution in [3.63, 3.8) is 0 Å². The molecule has 0 aliphatic rings. The van der Waals surface area contributed by atoms with E-state index in [0.717, 1.165) is 18.3 Å². The van der Waals surface area contributed by atoms with Gasteiger partial charge in [-0.25, -0.2) is 8.42 Å². The SMILES string of the molecule is COc1ccc(C(/C=C/c2ccc(I)cc2)S(=O)(=O)C(/C=C/c2ccc(I)cc2)c2ccc(OC)cc2)cc1. The fraction of sp³-hybridized carbons (Fsp3) is 0.125. The molecule has 0 aromatic heterocycles. The molecule has 7 heteroatoms. The van der Waals surface area contributed by atoms with Crippen molar-refractivity contribution in [1.82, 2.24) is 0 Å². The molecule has 2 unspecified atom stereocenters. The van der Waals surface area contributed by atoms with Gasteiger partial charge in [0.05, 0.1) is 14.2 Å². The van der Waals surface area contributed by atoms with Crippen LogP contribution in [-0.2, 0) is 9.84 Å². The van der Waals surface area contributed by atoms with Crippen LogP contribution in [0.15, 0.2) is 109 Å². The molecule has 0 aliphatic carbocycles. The smallest absolute Gasteiger partial charge is 0.171 e. The van der Waals surface area contributed by atoms with Crippen LogP contribution in [0.3, 0.4) is 0 Å². The molecular weight excluding hydrogens is 734 g/mol. The Morgan fingerprint density at radius 1 is 0.564 bits per heavy atom. The molecule has 0 saturated carbocycles. The highest BCUT2D eigenvalue weighted by molar-refractivity contribution is 14.1. The zero-order chi connectivity index (χ0) is 27.8. The fourth-order valence-corrected chi connectivity index (χ4v) is 6.81. The first-order valence-electron chi connectivity index (χ1n) is 12.2. The summed E-state index contributed by atoms with van der Waals surface area (Å²) in [6.45, 7) is 0. The summed E-state index contributed by atoms with van der Waals surface area (Å²) >= 11 is 4.51. The minimum Gasteiger partial charge on any atom is -0.497 e. The van der Waals surface area contributed by atoms with Crippen molar-refractivity contribution in [1.29, 1.82) is 0 Å². The van der Waals surface area contributed by atoms with Crippen LogP contribution in [0.1, 0.15) is 32.8 Å². The molecular formula is C32H28I2O4S. The van der Waals surface area contributed by atoms with Gasteiger partial charge in [0.15, 0.2) is 9.84 Å². The third-order valence-electron chi connectivity index (χ3n) is 6.26. The second kappa shape index (κ2) is 13.6. The molecule has 0 fully saturated rings. The van der Waals surface area contributed by atoms with Gasteiger partial charge in [-0.1, -0.05) is 72.8 Å². The Bertz CT molecular complexity index is 1410. The van der Waals surface area contributed by atoms with Gasteiger partial charge < -0.3 is 9.47 Å². The van der Waals surface area contributed by atoms with E-state index in [0.29, 0.717) is 22.6 Å². The summed E-state index contributed by atoms with van der Waals surface area (Å²) in [6.07, 6.45) is 7.29. The van der Waals surface area contributed by atoms with Crippen molar-refractivity contribution < 1.29 is 17.9 Å². The number of hydrogen-bond donors (Lipinski definition) is 0. The number of methoxy groups -OCH3 is 2. The monoisotopic (exact) mass is 762 g/mol. The van der Waals surface area contributed by atoms with Crippen LogP contribution >= 0.6 is 45.2 Å². The van der Waals surface area contributed by atoms with Crippen LogP contribution in [0, 0.1) is 7.14 Å². The summed E-state index contributed by atoms with van der Waals surface area (Å²) in [5.41, 5.74) is 3.19. The van der Waals surface area contributed by atoms with Crippen molar-refractivity contribution in [2.45, 2.75) is 10.5 Å². The third-order valence-corrected chi connectivity index (χ3v) is 9.98. The number of benzene rings is 4. The zero-order valence-corrected chi connectivity index (χ0v) is 26.6. The van der Waals surface area contributed by atoms with E-state index in [4.69, 9.17) is 9.47 Å². The lowest BCUT2D eigenvalue weighted by Gasteiger charge is -2.22. The lowest BCUT2D eigenvalue weighted by atomic mass is 10.1. The number of sulfone groups is 1. The number of rotatable bonds is 10. The standard InChI is InChI=1S/C32H28I2O4S/c1-37-29-17-9-25(10-18-29)31(21-7-23-3-13-27(33)14-4-23)39(35,36)32(26-11-19-30(38-2)20-12-26)22-8-24-5-15-28(34)16-6-24/h3-22,31-32H,1-2H3/b21-7+,22-8+. The summed E-state index contributed by atoms with van der Waals surface area (Å²) in [6, 6.07) is 30.3. The third kappa shape index (κ3) is 7.73. The first kappa shape index (κ1) is 29.4. The molecule has 200 valence electrons. The summed E-state index contributed by atoms with van der Waals surface area (Å²) in [4.78, 5) is 0. The normalized spacial score (nSPS) is 13.4. The molecule has 0 aliphatic heterocycles. The highest BCUT2D eigenvalue weighted by atomic mass is 127. The van der Waals surface area contributed by atoms with Gasteiger partial charge >= 0.3 is 0 Å². The van der Waals surface area contributed by atoms with E-state index < -0.39 is 20.3 Å². The second-order valence-corrected chi connectivity index (χ2v) is 13.5. The van der Waals surface area contributed by atoms with Gasteiger partial charge in [0, 0.05) is 7.14 Å².